The second-order valence-electron chi connectivity index (χ2n) is 9.56. The van der Waals surface area contributed by atoms with Crippen LogP contribution in [0.3, 0.4) is 0 Å². The number of amides is 1. The van der Waals surface area contributed by atoms with Crippen LogP contribution in [0.4, 0.5) is 5.95 Å². The zero-order valence-electron chi connectivity index (χ0n) is 22.1. The fourth-order valence-corrected chi connectivity index (χ4v) is 4.61. The molecule has 1 aromatic heterocycles. The molecule has 194 valence electrons. The van der Waals surface area contributed by atoms with Crippen LogP contribution in [0, 0.1) is 6.92 Å². The molecule has 0 fully saturated rings. The average molecular weight is 509 g/mol. The molecular formula is C31H32N4O3. The fourth-order valence-electron chi connectivity index (χ4n) is 4.61. The van der Waals surface area contributed by atoms with E-state index in [1.54, 1.807) is 7.11 Å². The molecule has 2 heterocycles. The largest absolute Gasteiger partial charge is 0.497 e. The summed E-state index contributed by atoms with van der Waals surface area (Å²) in [7, 11) is 3.61. The molecule has 1 aliphatic heterocycles. The van der Waals surface area contributed by atoms with Crippen LogP contribution in [0.15, 0.2) is 78.9 Å². The lowest BCUT2D eigenvalue weighted by Crippen LogP contribution is -2.38. The quantitative estimate of drug-likeness (QED) is 0.320. The molecule has 5 rings (SSSR count). The molecule has 0 spiro atoms. The second kappa shape index (κ2) is 11.3. The Labute approximate surface area is 223 Å². The maximum Gasteiger partial charge on any atom is 0.229 e. The van der Waals surface area contributed by atoms with Gasteiger partial charge in [-0.1, -0.05) is 60.7 Å². The highest BCUT2D eigenvalue weighted by molar-refractivity contribution is 5.79. The van der Waals surface area contributed by atoms with Gasteiger partial charge in [0.25, 0.3) is 0 Å². The minimum absolute atomic E-state index is 0.0519. The summed E-state index contributed by atoms with van der Waals surface area (Å²) in [4.78, 5) is 26.9. The van der Waals surface area contributed by atoms with Crippen molar-refractivity contribution in [3.05, 3.63) is 107 Å². The molecule has 0 aliphatic carbocycles. The molecule has 0 radical (unpaired) electrons. The Hall–Kier alpha value is -4.39. The summed E-state index contributed by atoms with van der Waals surface area (Å²) in [5, 5.41) is 0. The number of anilines is 1. The third-order valence-corrected chi connectivity index (χ3v) is 6.76. The predicted molar refractivity (Wildman–Crippen MR) is 148 cm³/mol. The Morgan fingerprint density at radius 1 is 0.974 bits per heavy atom. The molecule has 4 aromatic rings. The summed E-state index contributed by atoms with van der Waals surface area (Å²) < 4.78 is 11.7. The molecular weight excluding hydrogens is 476 g/mol. The molecule has 0 N–H and O–H groups in total. The van der Waals surface area contributed by atoms with E-state index in [1.165, 1.54) is 5.56 Å². The molecule has 1 aliphatic rings. The van der Waals surface area contributed by atoms with Gasteiger partial charge in [0.15, 0.2) is 0 Å². The van der Waals surface area contributed by atoms with Crippen molar-refractivity contribution in [3.8, 4) is 17.4 Å². The van der Waals surface area contributed by atoms with E-state index < -0.39 is 0 Å². The lowest BCUT2D eigenvalue weighted by molar-refractivity contribution is -0.131. The first-order valence-electron chi connectivity index (χ1n) is 12.8. The van der Waals surface area contributed by atoms with Crippen LogP contribution < -0.4 is 14.4 Å². The third kappa shape index (κ3) is 5.78. The Morgan fingerprint density at radius 3 is 2.53 bits per heavy atom. The normalized spacial score (nSPS) is 12.6. The molecule has 0 bridgehead atoms. The van der Waals surface area contributed by atoms with Gasteiger partial charge in [-0.25, -0.2) is 4.98 Å². The van der Waals surface area contributed by atoms with E-state index in [9.17, 15) is 4.79 Å². The SMILES string of the molecule is COc1cccc(CC(=O)N2CCc3nc(N(C)Cc4ccccc4)nc(Oc4ccccc4C)c3C2)c1. The van der Waals surface area contributed by atoms with E-state index >= 15 is 0 Å². The summed E-state index contributed by atoms with van der Waals surface area (Å²) in [5.74, 6) is 2.64. The van der Waals surface area contributed by atoms with Crippen LogP contribution in [0.5, 0.6) is 17.4 Å². The smallest absolute Gasteiger partial charge is 0.229 e. The van der Waals surface area contributed by atoms with Crippen molar-refractivity contribution < 1.29 is 14.3 Å². The first-order chi connectivity index (χ1) is 18.5. The van der Waals surface area contributed by atoms with Gasteiger partial charge >= 0.3 is 0 Å². The van der Waals surface area contributed by atoms with Crippen LogP contribution in [0.2, 0.25) is 0 Å². The van der Waals surface area contributed by atoms with Gasteiger partial charge in [-0.15, -0.1) is 0 Å². The predicted octanol–water partition coefficient (Wildman–Crippen LogP) is 5.35. The Morgan fingerprint density at radius 2 is 1.74 bits per heavy atom. The van der Waals surface area contributed by atoms with Crippen molar-refractivity contribution in [1.82, 2.24) is 14.9 Å². The topological polar surface area (TPSA) is 67.8 Å². The average Bonchev–Trinajstić information content (AvgIpc) is 2.94. The highest BCUT2D eigenvalue weighted by Crippen LogP contribution is 2.33. The van der Waals surface area contributed by atoms with E-state index in [1.807, 2.05) is 90.5 Å². The monoisotopic (exact) mass is 508 g/mol. The van der Waals surface area contributed by atoms with Crippen molar-refractivity contribution in [1.29, 1.82) is 0 Å². The molecule has 0 unspecified atom stereocenters. The molecule has 7 nitrogen and oxygen atoms in total. The number of aromatic nitrogens is 2. The standard InChI is InChI=1S/C31H32N4O3/c1-22-10-7-8-15-28(22)38-30-26-21-35(29(36)19-24-13-9-14-25(18-24)37-3)17-16-27(26)32-31(33-30)34(2)20-23-11-5-4-6-12-23/h4-15,18H,16-17,19-21H2,1-3H3. The molecule has 1 amide bonds. The van der Waals surface area contributed by atoms with Gasteiger partial charge in [0, 0.05) is 26.6 Å². The number of carbonyl (C=O) groups excluding carboxylic acids is 1. The van der Waals surface area contributed by atoms with E-state index in [0.29, 0.717) is 44.3 Å². The lowest BCUT2D eigenvalue weighted by atomic mass is 10.0. The first kappa shape index (κ1) is 25.3. The van der Waals surface area contributed by atoms with Crippen LogP contribution in [-0.2, 0) is 30.7 Å². The molecule has 0 saturated heterocycles. The molecule has 0 atom stereocenters. The second-order valence-corrected chi connectivity index (χ2v) is 9.56. The summed E-state index contributed by atoms with van der Waals surface area (Å²) >= 11 is 0. The summed E-state index contributed by atoms with van der Waals surface area (Å²) in [6, 6.07) is 25.8. The van der Waals surface area contributed by atoms with Crippen molar-refractivity contribution in [2.75, 3.05) is 25.6 Å². The van der Waals surface area contributed by atoms with Gasteiger partial charge in [0.2, 0.25) is 17.7 Å². The number of fused-ring (bicyclic) bond motifs is 1. The number of rotatable bonds is 8. The summed E-state index contributed by atoms with van der Waals surface area (Å²) in [6.45, 7) is 3.68. The van der Waals surface area contributed by atoms with Crippen LogP contribution in [0.1, 0.15) is 27.9 Å². The van der Waals surface area contributed by atoms with Crippen molar-refractivity contribution in [2.45, 2.75) is 32.9 Å². The Bertz CT molecular complexity index is 1420. The van der Waals surface area contributed by atoms with Crippen LogP contribution in [-0.4, -0.2) is 41.5 Å². The number of benzene rings is 3. The van der Waals surface area contributed by atoms with Crippen LogP contribution >= 0.6 is 0 Å². The van der Waals surface area contributed by atoms with Gasteiger partial charge < -0.3 is 19.3 Å². The maximum atomic E-state index is 13.3. The van der Waals surface area contributed by atoms with E-state index in [0.717, 1.165) is 33.9 Å². The molecule has 38 heavy (non-hydrogen) atoms. The number of nitrogens with zero attached hydrogens (tertiary/aromatic N) is 4. The minimum atomic E-state index is 0.0519. The molecule has 7 heteroatoms. The summed E-state index contributed by atoms with van der Waals surface area (Å²) in [6.07, 6.45) is 0.942. The number of methoxy groups -OCH3 is 1. The van der Waals surface area contributed by atoms with Gasteiger partial charge in [-0.2, -0.15) is 4.98 Å². The number of hydrogen-bond acceptors (Lipinski definition) is 6. The number of hydrogen-bond donors (Lipinski definition) is 0. The Balaban J connectivity index is 1.43. The molecule has 0 saturated carbocycles. The van der Waals surface area contributed by atoms with Gasteiger partial charge in [-0.3, -0.25) is 4.79 Å². The van der Waals surface area contributed by atoms with Gasteiger partial charge in [0.1, 0.15) is 11.5 Å². The fraction of sp³-hybridized carbons (Fsp3) is 0.258. The van der Waals surface area contributed by atoms with Gasteiger partial charge in [-0.05, 0) is 41.8 Å². The maximum absolute atomic E-state index is 13.3. The third-order valence-electron chi connectivity index (χ3n) is 6.76. The van der Waals surface area contributed by atoms with Gasteiger partial charge in [0.05, 0.1) is 31.3 Å². The number of ether oxygens (including phenoxy) is 2. The highest BCUT2D eigenvalue weighted by Gasteiger charge is 2.27. The highest BCUT2D eigenvalue weighted by atomic mass is 16.5. The Kier molecular flexibility index (Phi) is 7.54. The van der Waals surface area contributed by atoms with Crippen molar-refractivity contribution in [3.63, 3.8) is 0 Å². The van der Waals surface area contributed by atoms with Crippen molar-refractivity contribution >= 4 is 11.9 Å². The summed E-state index contributed by atoms with van der Waals surface area (Å²) in [5.41, 5.74) is 4.89. The number of carbonyl (C=O) groups is 1. The number of aryl methyl sites for hydroxylation is 1. The zero-order valence-corrected chi connectivity index (χ0v) is 22.1. The lowest BCUT2D eigenvalue weighted by Gasteiger charge is -2.30. The van der Waals surface area contributed by atoms with Crippen molar-refractivity contribution in [2.24, 2.45) is 0 Å². The number of para-hydroxylation sites is 1. The minimum Gasteiger partial charge on any atom is -0.497 e. The van der Waals surface area contributed by atoms with Crippen LogP contribution in [0.25, 0.3) is 0 Å². The van der Waals surface area contributed by atoms with E-state index in [4.69, 9.17) is 19.4 Å². The molecule has 3 aromatic carbocycles. The van der Waals surface area contributed by atoms with E-state index in [2.05, 4.69) is 12.1 Å². The zero-order chi connectivity index (χ0) is 26.5. The van der Waals surface area contributed by atoms with E-state index in [-0.39, 0.29) is 5.91 Å². The first-order valence-corrected chi connectivity index (χ1v) is 12.8.